The minimum Gasteiger partial charge on any atom is -0.493 e. The van der Waals surface area contributed by atoms with Gasteiger partial charge in [-0.3, -0.25) is 10.5 Å². The number of likely N-dealkylation sites (N-methyl/N-ethyl adjacent to an activating group) is 1. The normalized spacial score (nSPS) is 14.0. The number of ether oxygens (including phenoxy) is 1. The van der Waals surface area contributed by atoms with Crippen molar-refractivity contribution in [2.75, 3.05) is 21.2 Å². The first-order valence-electron chi connectivity index (χ1n) is 6.13. The van der Waals surface area contributed by atoms with Crippen LogP contribution in [0.5, 0.6) is 5.75 Å². The summed E-state index contributed by atoms with van der Waals surface area (Å²) in [5.74, 6) is 6.52. The number of nitrogens with two attached hydrogens (primary N) is 1. The van der Waals surface area contributed by atoms with Crippen LogP contribution in [-0.2, 0) is 6.54 Å². The van der Waals surface area contributed by atoms with Gasteiger partial charge in [0.15, 0.2) is 5.75 Å². The number of nitrogens with one attached hydrogen (secondary N) is 1. The molecule has 0 amide bonds. The second-order valence-electron chi connectivity index (χ2n) is 5.06. The second kappa shape index (κ2) is 5.69. The molecule has 0 aliphatic carbocycles. The molecule has 0 radical (unpaired) electrons. The fraction of sp³-hybridized carbons (Fsp3) is 0.750. The van der Waals surface area contributed by atoms with Gasteiger partial charge in [0.1, 0.15) is 5.69 Å². The lowest BCUT2D eigenvalue weighted by Gasteiger charge is -2.40. The van der Waals surface area contributed by atoms with Crippen molar-refractivity contribution in [3.05, 3.63) is 11.9 Å². The molecule has 6 heteroatoms. The van der Waals surface area contributed by atoms with E-state index in [4.69, 9.17) is 10.6 Å². The van der Waals surface area contributed by atoms with E-state index in [0.29, 0.717) is 0 Å². The Morgan fingerprint density at radius 3 is 2.56 bits per heavy atom. The number of aromatic nitrogens is 2. The van der Waals surface area contributed by atoms with Gasteiger partial charge in [0, 0.05) is 12.1 Å². The summed E-state index contributed by atoms with van der Waals surface area (Å²) >= 11 is 0. The maximum atomic E-state index is 5.76. The maximum absolute atomic E-state index is 5.76. The molecule has 0 saturated carbocycles. The summed E-state index contributed by atoms with van der Waals surface area (Å²) in [5, 5.41) is 4.32. The minimum absolute atomic E-state index is 0.0788. The van der Waals surface area contributed by atoms with E-state index in [0.717, 1.165) is 18.0 Å². The Morgan fingerprint density at radius 2 is 2.17 bits per heavy atom. The van der Waals surface area contributed by atoms with Gasteiger partial charge in [-0.05, 0) is 34.9 Å². The number of rotatable bonds is 6. The highest BCUT2D eigenvalue weighted by molar-refractivity contribution is 5.30. The zero-order valence-electron chi connectivity index (χ0n) is 12.2. The van der Waals surface area contributed by atoms with Crippen LogP contribution >= 0.6 is 0 Å². The number of hydrogen-bond donors (Lipinski definition) is 2. The number of nitrogens with zero attached hydrogens (tertiary/aromatic N) is 3. The van der Waals surface area contributed by atoms with Gasteiger partial charge >= 0.3 is 0 Å². The highest BCUT2D eigenvalue weighted by Gasteiger charge is 2.36. The van der Waals surface area contributed by atoms with Gasteiger partial charge in [-0.1, -0.05) is 0 Å². The highest BCUT2D eigenvalue weighted by Crippen LogP contribution is 2.34. The van der Waals surface area contributed by atoms with Crippen LogP contribution in [0, 0.1) is 0 Å². The van der Waals surface area contributed by atoms with Crippen molar-refractivity contribution in [1.82, 2.24) is 20.1 Å². The van der Waals surface area contributed by atoms with E-state index in [9.17, 15) is 0 Å². The Labute approximate surface area is 109 Å². The zero-order chi connectivity index (χ0) is 13.9. The van der Waals surface area contributed by atoms with E-state index in [1.54, 1.807) is 13.3 Å². The van der Waals surface area contributed by atoms with Gasteiger partial charge in [0.25, 0.3) is 0 Å². The molecule has 0 saturated heterocycles. The molecule has 18 heavy (non-hydrogen) atoms. The third-order valence-electron chi connectivity index (χ3n) is 3.66. The van der Waals surface area contributed by atoms with Crippen molar-refractivity contribution in [3.8, 4) is 5.75 Å². The Morgan fingerprint density at radius 1 is 1.56 bits per heavy atom. The summed E-state index contributed by atoms with van der Waals surface area (Å²) in [7, 11) is 5.71. The maximum Gasteiger partial charge on any atom is 0.161 e. The second-order valence-corrected chi connectivity index (χ2v) is 5.06. The summed E-state index contributed by atoms with van der Waals surface area (Å²) in [5.41, 5.74) is 3.69. The van der Waals surface area contributed by atoms with E-state index in [1.165, 1.54) is 0 Å². The summed E-state index contributed by atoms with van der Waals surface area (Å²) in [6.07, 6.45) is 1.73. The van der Waals surface area contributed by atoms with Crippen molar-refractivity contribution in [1.29, 1.82) is 0 Å². The number of methoxy groups -OCH3 is 1. The molecule has 1 unspecified atom stereocenters. The van der Waals surface area contributed by atoms with Crippen molar-refractivity contribution in [3.63, 3.8) is 0 Å². The molecule has 1 heterocycles. The van der Waals surface area contributed by atoms with Crippen LogP contribution in [0.2, 0.25) is 0 Å². The molecule has 1 atom stereocenters. The number of hydrogen-bond acceptors (Lipinski definition) is 5. The molecule has 3 N–H and O–H groups in total. The standard InChI is InChI=1S/C12H25N5O/c1-7-17-10(9(18-6)8-14-17)11(15-13)12(2,3)16(4)5/h8,11,15H,7,13H2,1-6H3. The first kappa shape index (κ1) is 14.9. The van der Waals surface area contributed by atoms with Crippen LogP contribution in [0.25, 0.3) is 0 Å². The zero-order valence-corrected chi connectivity index (χ0v) is 12.2. The quantitative estimate of drug-likeness (QED) is 0.580. The third-order valence-corrected chi connectivity index (χ3v) is 3.66. The van der Waals surface area contributed by atoms with Crippen LogP contribution < -0.4 is 16.0 Å². The van der Waals surface area contributed by atoms with Crippen molar-refractivity contribution in [2.45, 2.75) is 38.9 Å². The molecule has 0 fully saturated rings. The SMILES string of the molecule is CCn1ncc(OC)c1C(NN)C(C)(C)N(C)C. The molecule has 6 nitrogen and oxygen atoms in total. The topological polar surface area (TPSA) is 68.3 Å². The number of hydrazine groups is 1. The van der Waals surface area contributed by atoms with Crippen LogP contribution in [0.15, 0.2) is 6.20 Å². The van der Waals surface area contributed by atoms with Crippen molar-refractivity contribution in [2.24, 2.45) is 5.84 Å². The predicted octanol–water partition coefficient (Wildman–Crippen LogP) is 0.756. The Balaban J connectivity index is 3.27. The molecular weight excluding hydrogens is 230 g/mol. The van der Waals surface area contributed by atoms with Crippen LogP contribution in [0.1, 0.15) is 32.5 Å². The molecule has 104 valence electrons. The summed E-state index contributed by atoms with van der Waals surface area (Å²) in [4.78, 5) is 2.13. The lowest BCUT2D eigenvalue weighted by atomic mass is 9.90. The molecule has 1 aromatic rings. The van der Waals surface area contributed by atoms with E-state index < -0.39 is 0 Å². The first-order chi connectivity index (χ1) is 8.39. The van der Waals surface area contributed by atoms with Crippen LogP contribution in [0.3, 0.4) is 0 Å². The molecule has 0 aliphatic heterocycles. The monoisotopic (exact) mass is 255 g/mol. The highest BCUT2D eigenvalue weighted by atomic mass is 16.5. The summed E-state index contributed by atoms with van der Waals surface area (Å²) < 4.78 is 7.30. The number of aryl methyl sites for hydroxylation is 1. The Kier molecular flexibility index (Phi) is 4.72. The average Bonchev–Trinajstić information content (AvgIpc) is 2.72. The summed E-state index contributed by atoms with van der Waals surface area (Å²) in [6, 6.07) is -0.0788. The van der Waals surface area contributed by atoms with Gasteiger partial charge < -0.3 is 9.64 Å². The molecular formula is C12H25N5O. The lowest BCUT2D eigenvalue weighted by Crippen LogP contribution is -2.52. The molecule has 1 aromatic heterocycles. The van der Waals surface area contributed by atoms with Gasteiger partial charge in [0.05, 0.1) is 19.3 Å². The first-order valence-corrected chi connectivity index (χ1v) is 6.13. The molecule has 0 aliphatic rings. The summed E-state index contributed by atoms with van der Waals surface area (Å²) in [6.45, 7) is 7.08. The molecule has 0 bridgehead atoms. The van der Waals surface area contributed by atoms with Crippen molar-refractivity contribution >= 4 is 0 Å². The van der Waals surface area contributed by atoms with E-state index in [-0.39, 0.29) is 11.6 Å². The molecule has 0 aromatic carbocycles. The van der Waals surface area contributed by atoms with Crippen LogP contribution in [0.4, 0.5) is 0 Å². The van der Waals surface area contributed by atoms with E-state index in [2.05, 4.69) is 29.3 Å². The van der Waals surface area contributed by atoms with Crippen molar-refractivity contribution < 1.29 is 4.74 Å². The van der Waals surface area contributed by atoms with E-state index >= 15 is 0 Å². The molecule has 1 rings (SSSR count). The third kappa shape index (κ3) is 2.50. The van der Waals surface area contributed by atoms with Gasteiger partial charge in [-0.25, -0.2) is 5.43 Å². The largest absolute Gasteiger partial charge is 0.493 e. The Hall–Kier alpha value is -1.11. The molecule has 0 spiro atoms. The minimum atomic E-state index is -0.172. The van der Waals surface area contributed by atoms with Gasteiger partial charge in [0.2, 0.25) is 0 Å². The van der Waals surface area contributed by atoms with Gasteiger partial charge in [-0.15, -0.1) is 0 Å². The predicted molar refractivity (Wildman–Crippen MR) is 72.3 cm³/mol. The average molecular weight is 255 g/mol. The lowest BCUT2D eigenvalue weighted by molar-refractivity contribution is 0.131. The van der Waals surface area contributed by atoms with Crippen LogP contribution in [-0.4, -0.2) is 41.4 Å². The van der Waals surface area contributed by atoms with E-state index in [1.807, 2.05) is 25.7 Å². The Bertz CT molecular complexity index is 364. The fourth-order valence-electron chi connectivity index (χ4n) is 1.95. The smallest absolute Gasteiger partial charge is 0.161 e. The fourth-order valence-corrected chi connectivity index (χ4v) is 1.95. The van der Waals surface area contributed by atoms with Gasteiger partial charge in [-0.2, -0.15) is 5.10 Å².